The minimum absolute atomic E-state index is 0.197. The van der Waals surface area contributed by atoms with E-state index in [1.54, 1.807) is 0 Å². The van der Waals surface area contributed by atoms with Crippen molar-refractivity contribution >= 4 is 5.69 Å². The van der Waals surface area contributed by atoms with Gasteiger partial charge in [-0.25, -0.2) is 13.8 Å². The number of nitro groups is 1. The van der Waals surface area contributed by atoms with Crippen LogP contribution in [-0.4, -0.2) is 9.91 Å². The SMILES string of the molecule is O=[N+]([O-])c1cc(C(F)F)nc(F)c1F. The van der Waals surface area contributed by atoms with Crippen LogP contribution in [0.25, 0.3) is 0 Å². The molecule has 0 saturated carbocycles. The van der Waals surface area contributed by atoms with Gasteiger partial charge in [0.05, 0.1) is 4.92 Å². The summed E-state index contributed by atoms with van der Waals surface area (Å²) < 4.78 is 48.9. The van der Waals surface area contributed by atoms with Crippen molar-refractivity contribution in [2.75, 3.05) is 0 Å². The van der Waals surface area contributed by atoms with E-state index in [2.05, 4.69) is 4.98 Å². The first-order valence-corrected chi connectivity index (χ1v) is 3.22. The van der Waals surface area contributed by atoms with Crippen LogP contribution in [-0.2, 0) is 0 Å². The normalized spacial score (nSPS) is 10.6. The number of alkyl halides is 2. The van der Waals surface area contributed by atoms with Gasteiger partial charge >= 0.3 is 5.69 Å². The van der Waals surface area contributed by atoms with E-state index in [1.165, 1.54) is 0 Å². The molecule has 0 aliphatic carbocycles. The maximum absolute atomic E-state index is 12.6. The zero-order valence-corrected chi connectivity index (χ0v) is 6.38. The molecule has 1 aromatic heterocycles. The highest BCUT2D eigenvalue weighted by Crippen LogP contribution is 2.24. The van der Waals surface area contributed by atoms with E-state index in [4.69, 9.17) is 0 Å². The van der Waals surface area contributed by atoms with Crippen LogP contribution in [0.1, 0.15) is 12.1 Å². The molecule has 8 heteroatoms. The molecule has 4 nitrogen and oxygen atoms in total. The van der Waals surface area contributed by atoms with E-state index >= 15 is 0 Å². The lowest BCUT2D eigenvalue weighted by atomic mass is 10.3. The molecule has 0 radical (unpaired) electrons. The standard InChI is InChI=1S/C6H2F4N2O2/c7-4-3(12(13)14)1-2(5(8)9)11-6(4)10/h1,5H. The highest BCUT2D eigenvalue weighted by atomic mass is 19.3. The Kier molecular flexibility index (Phi) is 2.63. The lowest BCUT2D eigenvalue weighted by Gasteiger charge is -1.99. The van der Waals surface area contributed by atoms with Gasteiger partial charge in [-0.15, -0.1) is 0 Å². The minimum Gasteiger partial charge on any atom is -0.258 e. The van der Waals surface area contributed by atoms with Gasteiger partial charge in [-0.1, -0.05) is 0 Å². The Labute approximate surface area is 74.3 Å². The largest absolute Gasteiger partial charge is 0.311 e. The third-order valence-electron chi connectivity index (χ3n) is 1.34. The first-order valence-electron chi connectivity index (χ1n) is 3.22. The van der Waals surface area contributed by atoms with Gasteiger partial charge in [0.25, 0.3) is 18.2 Å². The second-order valence-corrected chi connectivity index (χ2v) is 2.23. The molecule has 0 amide bonds. The molecule has 1 heterocycles. The lowest BCUT2D eigenvalue weighted by molar-refractivity contribution is -0.388. The predicted octanol–water partition coefficient (Wildman–Crippen LogP) is 2.21. The van der Waals surface area contributed by atoms with Gasteiger partial charge in [-0.05, 0) is 0 Å². The summed E-state index contributed by atoms with van der Waals surface area (Å²) >= 11 is 0. The summed E-state index contributed by atoms with van der Waals surface area (Å²) in [6.45, 7) is 0. The molecule has 1 aromatic rings. The molecule has 0 aliphatic heterocycles. The number of halogens is 4. The fraction of sp³-hybridized carbons (Fsp3) is 0.167. The summed E-state index contributed by atoms with van der Waals surface area (Å²) in [5, 5.41) is 10.1. The van der Waals surface area contributed by atoms with Gasteiger partial charge in [0.15, 0.2) is 0 Å². The third kappa shape index (κ3) is 1.78. The Morgan fingerprint density at radius 1 is 1.43 bits per heavy atom. The van der Waals surface area contributed by atoms with Gasteiger partial charge in [0, 0.05) is 6.07 Å². The topological polar surface area (TPSA) is 56.0 Å². The Balaban J connectivity index is 3.35. The van der Waals surface area contributed by atoms with Gasteiger partial charge < -0.3 is 0 Å². The molecule has 0 atom stereocenters. The molecule has 0 N–H and O–H groups in total. The fourth-order valence-electron chi connectivity index (χ4n) is 0.748. The van der Waals surface area contributed by atoms with E-state index in [1.807, 2.05) is 0 Å². The van der Waals surface area contributed by atoms with Crippen LogP contribution in [0.5, 0.6) is 0 Å². The summed E-state index contributed by atoms with van der Waals surface area (Å²) in [5.41, 5.74) is -2.52. The number of rotatable bonds is 2. The first kappa shape index (κ1) is 10.4. The summed E-state index contributed by atoms with van der Waals surface area (Å²) in [5.74, 6) is -3.76. The van der Waals surface area contributed by atoms with Crippen LogP contribution >= 0.6 is 0 Å². The average molecular weight is 210 g/mol. The predicted molar refractivity (Wildman–Crippen MR) is 35.8 cm³/mol. The lowest BCUT2D eigenvalue weighted by Crippen LogP contribution is -2.02. The molecule has 0 saturated heterocycles. The summed E-state index contributed by atoms with van der Waals surface area (Å²) in [4.78, 5) is 11.3. The monoisotopic (exact) mass is 210 g/mol. The molecule has 76 valence electrons. The first-order chi connectivity index (χ1) is 6.43. The zero-order valence-electron chi connectivity index (χ0n) is 6.38. The maximum Gasteiger partial charge on any atom is 0.311 e. The smallest absolute Gasteiger partial charge is 0.258 e. The molecular formula is C6H2F4N2O2. The van der Waals surface area contributed by atoms with Crippen LogP contribution in [0.15, 0.2) is 6.07 Å². The molecule has 1 rings (SSSR count). The number of pyridine rings is 1. The van der Waals surface area contributed by atoms with Crippen molar-refractivity contribution in [3.05, 3.63) is 33.6 Å². The Morgan fingerprint density at radius 3 is 2.43 bits per heavy atom. The van der Waals surface area contributed by atoms with Gasteiger partial charge in [-0.3, -0.25) is 10.1 Å². The summed E-state index contributed by atoms with van der Waals surface area (Å²) in [7, 11) is 0. The average Bonchev–Trinajstić information content (AvgIpc) is 2.08. The van der Waals surface area contributed by atoms with Crippen LogP contribution in [0, 0.1) is 21.9 Å². The van der Waals surface area contributed by atoms with Gasteiger partial charge in [0.1, 0.15) is 5.69 Å². The number of aromatic nitrogens is 1. The highest BCUT2D eigenvalue weighted by Gasteiger charge is 2.24. The van der Waals surface area contributed by atoms with E-state index < -0.39 is 34.5 Å². The van der Waals surface area contributed by atoms with E-state index in [0.717, 1.165) is 0 Å². The summed E-state index contributed by atoms with van der Waals surface area (Å²) in [6, 6.07) is 0.197. The van der Waals surface area contributed by atoms with Crippen molar-refractivity contribution in [3.8, 4) is 0 Å². The molecule has 0 aromatic carbocycles. The van der Waals surface area contributed by atoms with Gasteiger partial charge in [-0.2, -0.15) is 8.78 Å². The van der Waals surface area contributed by atoms with Crippen LogP contribution < -0.4 is 0 Å². The Hall–Kier alpha value is -1.73. The van der Waals surface area contributed by atoms with Crippen LogP contribution in [0.3, 0.4) is 0 Å². The molecule has 0 fully saturated rings. The van der Waals surface area contributed by atoms with Crippen molar-refractivity contribution in [2.24, 2.45) is 0 Å². The van der Waals surface area contributed by atoms with Crippen molar-refractivity contribution < 1.29 is 22.5 Å². The highest BCUT2D eigenvalue weighted by molar-refractivity contribution is 5.32. The number of hydrogen-bond donors (Lipinski definition) is 0. The number of hydrogen-bond acceptors (Lipinski definition) is 3. The van der Waals surface area contributed by atoms with Gasteiger partial charge in [0.2, 0.25) is 0 Å². The molecule has 0 unspecified atom stereocenters. The maximum atomic E-state index is 12.6. The van der Waals surface area contributed by atoms with Crippen molar-refractivity contribution in [2.45, 2.75) is 6.43 Å². The molecule has 0 aliphatic rings. The quantitative estimate of drug-likeness (QED) is 0.325. The molecule has 0 bridgehead atoms. The van der Waals surface area contributed by atoms with Crippen LogP contribution in [0.2, 0.25) is 0 Å². The Morgan fingerprint density at radius 2 is 2.00 bits per heavy atom. The third-order valence-corrected chi connectivity index (χ3v) is 1.34. The van der Waals surface area contributed by atoms with E-state index in [0.29, 0.717) is 0 Å². The second kappa shape index (κ2) is 3.56. The van der Waals surface area contributed by atoms with E-state index in [-0.39, 0.29) is 6.07 Å². The molecular weight excluding hydrogens is 208 g/mol. The molecule has 0 spiro atoms. The fourth-order valence-corrected chi connectivity index (χ4v) is 0.748. The zero-order chi connectivity index (χ0) is 10.9. The van der Waals surface area contributed by atoms with E-state index in [9.17, 15) is 27.7 Å². The van der Waals surface area contributed by atoms with Crippen molar-refractivity contribution in [3.63, 3.8) is 0 Å². The van der Waals surface area contributed by atoms with Crippen LogP contribution in [0.4, 0.5) is 23.2 Å². The van der Waals surface area contributed by atoms with Crippen molar-refractivity contribution in [1.29, 1.82) is 0 Å². The Bertz CT molecular complexity index is 382. The minimum atomic E-state index is -3.19. The second-order valence-electron chi connectivity index (χ2n) is 2.23. The van der Waals surface area contributed by atoms with Crippen molar-refractivity contribution in [1.82, 2.24) is 4.98 Å². The number of nitrogens with zero attached hydrogens (tertiary/aromatic N) is 2. The summed E-state index contributed by atoms with van der Waals surface area (Å²) in [6.07, 6.45) is -3.19. The molecule has 14 heavy (non-hydrogen) atoms.